The number of carbonyl (C=O) groups is 1. The molecule has 2 aromatic heterocycles. The van der Waals surface area contributed by atoms with Crippen molar-refractivity contribution in [2.45, 2.75) is 71.8 Å². The number of nitrogens with two attached hydrogens (primary N) is 1. The molecule has 5 heteroatoms. The number of aromatic nitrogens is 2. The number of benzene rings is 2. The van der Waals surface area contributed by atoms with Crippen molar-refractivity contribution in [1.29, 1.82) is 0 Å². The molecule has 194 valence electrons. The summed E-state index contributed by atoms with van der Waals surface area (Å²) >= 11 is 0. The molecule has 37 heavy (non-hydrogen) atoms. The lowest BCUT2D eigenvalue weighted by atomic mass is 9.91. The molecule has 0 spiro atoms. The van der Waals surface area contributed by atoms with E-state index in [4.69, 9.17) is 10.7 Å². The maximum atomic E-state index is 13.1. The lowest BCUT2D eigenvalue weighted by Crippen LogP contribution is -2.41. The molecule has 2 amide bonds. The van der Waals surface area contributed by atoms with Crippen LogP contribution in [0.25, 0.3) is 22.2 Å². The van der Waals surface area contributed by atoms with Gasteiger partial charge in [0.1, 0.15) is 5.65 Å². The molecule has 4 aromatic rings. The van der Waals surface area contributed by atoms with E-state index in [1.165, 1.54) is 0 Å². The Kier molecular flexibility index (Phi) is 8.32. The van der Waals surface area contributed by atoms with E-state index in [1.807, 2.05) is 23.2 Å². The molecular weight excluding hydrogens is 456 g/mol. The second-order valence-corrected chi connectivity index (χ2v) is 10.5. The van der Waals surface area contributed by atoms with Crippen molar-refractivity contribution in [1.82, 2.24) is 9.55 Å². The van der Waals surface area contributed by atoms with Crippen LogP contribution in [0.5, 0.6) is 0 Å². The lowest BCUT2D eigenvalue weighted by Gasteiger charge is -2.32. The van der Waals surface area contributed by atoms with Crippen LogP contribution in [0, 0.1) is 0 Å². The molecular formula is C32H40N4O. The second kappa shape index (κ2) is 11.6. The Balaban J connectivity index is 1.86. The van der Waals surface area contributed by atoms with Gasteiger partial charge in [0.2, 0.25) is 0 Å². The minimum absolute atomic E-state index is 0.0301. The van der Waals surface area contributed by atoms with Gasteiger partial charge in [0.05, 0.1) is 11.7 Å². The Morgan fingerprint density at radius 1 is 0.946 bits per heavy atom. The number of rotatable bonds is 10. The number of anilines is 1. The van der Waals surface area contributed by atoms with Gasteiger partial charge in [-0.15, -0.1) is 0 Å². The Hall–Kier alpha value is -3.60. The predicted octanol–water partition coefficient (Wildman–Crippen LogP) is 8.27. The fourth-order valence-electron chi connectivity index (χ4n) is 5.29. The van der Waals surface area contributed by atoms with Gasteiger partial charge in [-0.2, -0.15) is 0 Å². The molecule has 0 aliphatic heterocycles. The minimum Gasteiger partial charge on any atom is -0.351 e. The first-order valence-electron chi connectivity index (χ1n) is 13.5. The van der Waals surface area contributed by atoms with Crippen LogP contribution < -0.4 is 10.6 Å². The standard InChI is InChI=1S/C32H40N4O/c1-6-7-15-25(20-36(32(33)37)30-26(22(2)3)16-11-17-27(30)23(4)5)35-21-29(24-13-9-8-10-14-24)28-18-12-19-34-31(28)35/h8-14,16-19,21-23,25H,6-7,15,20H2,1-5H3,(H2,33,37). The number of para-hydroxylation sites is 1. The Bertz CT molecular complexity index is 1310. The quantitative estimate of drug-likeness (QED) is 0.240. The summed E-state index contributed by atoms with van der Waals surface area (Å²) in [6.45, 7) is 11.4. The number of primary amides is 1. The van der Waals surface area contributed by atoms with Gasteiger partial charge >= 0.3 is 6.03 Å². The normalized spacial score (nSPS) is 12.4. The molecule has 0 aliphatic carbocycles. The van der Waals surface area contributed by atoms with Crippen LogP contribution in [-0.4, -0.2) is 22.1 Å². The van der Waals surface area contributed by atoms with Crippen molar-refractivity contribution < 1.29 is 4.79 Å². The van der Waals surface area contributed by atoms with Crippen LogP contribution in [0.4, 0.5) is 10.5 Å². The van der Waals surface area contributed by atoms with Crippen molar-refractivity contribution in [3.63, 3.8) is 0 Å². The first kappa shape index (κ1) is 26.5. The molecule has 1 unspecified atom stereocenters. The Morgan fingerprint density at radius 2 is 1.62 bits per heavy atom. The zero-order valence-electron chi connectivity index (χ0n) is 22.8. The van der Waals surface area contributed by atoms with Gasteiger partial charge in [0.25, 0.3) is 0 Å². The molecule has 1 atom stereocenters. The van der Waals surface area contributed by atoms with Gasteiger partial charge in [-0.05, 0) is 47.1 Å². The number of urea groups is 1. The van der Waals surface area contributed by atoms with Crippen LogP contribution in [-0.2, 0) is 0 Å². The first-order valence-corrected chi connectivity index (χ1v) is 13.5. The van der Waals surface area contributed by atoms with Crippen molar-refractivity contribution in [3.8, 4) is 11.1 Å². The molecule has 2 aromatic carbocycles. The van der Waals surface area contributed by atoms with E-state index in [9.17, 15) is 4.79 Å². The third-order valence-corrected chi connectivity index (χ3v) is 7.23. The molecule has 0 bridgehead atoms. The fraction of sp³-hybridized carbons (Fsp3) is 0.375. The highest BCUT2D eigenvalue weighted by Crippen LogP contribution is 2.38. The lowest BCUT2D eigenvalue weighted by molar-refractivity contribution is 0.252. The Labute approximate surface area is 221 Å². The molecule has 2 heterocycles. The smallest absolute Gasteiger partial charge is 0.319 e. The van der Waals surface area contributed by atoms with E-state index in [-0.39, 0.29) is 17.9 Å². The number of unbranched alkanes of at least 4 members (excludes halogenated alkanes) is 1. The Morgan fingerprint density at radius 3 is 2.22 bits per heavy atom. The van der Waals surface area contributed by atoms with Gasteiger partial charge in [-0.3, -0.25) is 4.90 Å². The van der Waals surface area contributed by atoms with E-state index in [0.717, 1.165) is 58.2 Å². The number of fused-ring (bicyclic) bond motifs is 1. The summed E-state index contributed by atoms with van der Waals surface area (Å²) in [6.07, 6.45) is 7.11. The molecule has 0 fully saturated rings. The molecule has 0 saturated carbocycles. The monoisotopic (exact) mass is 496 g/mol. The van der Waals surface area contributed by atoms with E-state index in [2.05, 4.69) is 93.9 Å². The van der Waals surface area contributed by atoms with Gasteiger partial charge in [-0.25, -0.2) is 9.78 Å². The molecule has 4 rings (SSSR count). The summed E-state index contributed by atoms with van der Waals surface area (Å²) < 4.78 is 2.27. The van der Waals surface area contributed by atoms with E-state index in [1.54, 1.807) is 0 Å². The van der Waals surface area contributed by atoms with Gasteiger partial charge in [0, 0.05) is 29.9 Å². The number of hydrogen-bond donors (Lipinski definition) is 1. The van der Waals surface area contributed by atoms with Crippen molar-refractivity contribution >= 4 is 22.8 Å². The largest absolute Gasteiger partial charge is 0.351 e. The summed E-state index contributed by atoms with van der Waals surface area (Å²) in [5.41, 5.74) is 12.7. The topological polar surface area (TPSA) is 64.2 Å². The van der Waals surface area contributed by atoms with Crippen molar-refractivity contribution in [2.24, 2.45) is 5.73 Å². The number of pyridine rings is 1. The maximum absolute atomic E-state index is 13.1. The van der Waals surface area contributed by atoms with E-state index >= 15 is 0 Å². The zero-order valence-corrected chi connectivity index (χ0v) is 22.8. The number of amides is 2. The molecule has 0 aliphatic rings. The molecule has 5 nitrogen and oxygen atoms in total. The maximum Gasteiger partial charge on any atom is 0.319 e. The molecule has 2 N–H and O–H groups in total. The fourth-order valence-corrected chi connectivity index (χ4v) is 5.29. The highest BCUT2D eigenvalue weighted by molar-refractivity contribution is 5.95. The summed E-state index contributed by atoms with van der Waals surface area (Å²) in [5.74, 6) is 0.534. The zero-order chi connectivity index (χ0) is 26.5. The number of hydrogen-bond acceptors (Lipinski definition) is 2. The van der Waals surface area contributed by atoms with Crippen LogP contribution in [0.3, 0.4) is 0 Å². The third-order valence-electron chi connectivity index (χ3n) is 7.23. The number of carbonyl (C=O) groups excluding carboxylic acids is 1. The summed E-state index contributed by atoms with van der Waals surface area (Å²) in [7, 11) is 0. The van der Waals surface area contributed by atoms with Crippen molar-refractivity contribution in [3.05, 3.63) is 84.2 Å². The summed E-state index contributed by atoms with van der Waals surface area (Å²) in [4.78, 5) is 19.7. The van der Waals surface area contributed by atoms with Gasteiger partial charge in [-0.1, -0.05) is 96.0 Å². The van der Waals surface area contributed by atoms with E-state index in [0.29, 0.717) is 6.54 Å². The van der Waals surface area contributed by atoms with Crippen LogP contribution in [0.15, 0.2) is 73.1 Å². The first-order chi connectivity index (χ1) is 17.8. The van der Waals surface area contributed by atoms with Crippen molar-refractivity contribution in [2.75, 3.05) is 11.4 Å². The molecule has 0 saturated heterocycles. The van der Waals surface area contributed by atoms with Crippen LogP contribution in [0.1, 0.15) is 82.9 Å². The average molecular weight is 497 g/mol. The van der Waals surface area contributed by atoms with Gasteiger partial charge < -0.3 is 10.3 Å². The highest BCUT2D eigenvalue weighted by Gasteiger charge is 2.27. The highest BCUT2D eigenvalue weighted by atomic mass is 16.2. The summed E-state index contributed by atoms with van der Waals surface area (Å²) in [5, 5.41) is 1.12. The predicted molar refractivity (Wildman–Crippen MR) is 155 cm³/mol. The summed E-state index contributed by atoms with van der Waals surface area (Å²) in [6, 6.07) is 20.5. The third kappa shape index (κ3) is 5.56. The second-order valence-electron chi connectivity index (χ2n) is 10.5. The number of nitrogens with zero attached hydrogens (tertiary/aromatic N) is 3. The average Bonchev–Trinajstić information content (AvgIpc) is 3.28. The van der Waals surface area contributed by atoms with Crippen LogP contribution >= 0.6 is 0 Å². The SMILES string of the molecule is CCCCC(CN(C(N)=O)c1c(C(C)C)cccc1C(C)C)n1cc(-c2ccccc2)c2cccnc21. The van der Waals surface area contributed by atoms with Gasteiger partial charge in [0.15, 0.2) is 0 Å². The minimum atomic E-state index is -0.413. The van der Waals surface area contributed by atoms with E-state index < -0.39 is 6.03 Å². The molecule has 0 radical (unpaired) electrons. The van der Waals surface area contributed by atoms with Crippen LogP contribution in [0.2, 0.25) is 0 Å².